The van der Waals surface area contributed by atoms with E-state index in [0.717, 1.165) is 37.6 Å². The van der Waals surface area contributed by atoms with Crippen molar-refractivity contribution in [1.29, 1.82) is 0 Å². The summed E-state index contributed by atoms with van der Waals surface area (Å²) in [5.41, 5.74) is 2.69. The van der Waals surface area contributed by atoms with Gasteiger partial charge in [-0.25, -0.2) is 0 Å². The second kappa shape index (κ2) is 7.08. The average Bonchev–Trinajstić information content (AvgIpc) is 2.54. The van der Waals surface area contributed by atoms with E-state index in [-0.39, 0.29) is 0 Å². The van der Waals surface area contributed by atoms with Crippen molar-refractivity contribution in [2.24, 2.45) is 0 Å². The van der Waals surface area contributed by atoms with E-state index in [1.807, 2.05) is 12.1 Å². The molecule has 2 nitrogen and oxygen atoms in total. The lowest BCUT2D eigenvalue weighted by Crippen LogP contribution is -2.45. The van der Waals surface area contributed by atoms with Gasteiger partial charge in [-0.15, -0.1) is 0 Å². The highest BCUT2D eigenvalue weighted by Gasteiger charge is 2.22. The summed E-state index contributed by atoms with van der Waals surface area (Å²) < 4.78 is 0. The van der Waals surface area contributed by atoms with E-state index in [4.69, 9.17) is 11.6 Å². The highest BCUT2D eigenvalue weighted by atomic mass is 35.5. The van der Waals surface area contributed by atoms with Crippen LogP contribution in [0.3, 0.4) is 0 Å². The van der Waals surface area contributed by atoms with E-state index in [9.17, 15) is 0 Å². The van der Waals surface area contributed by atoms with Gasteiger partial charge >= 0.3 is 0 Å². The number of piperazine rings is 1. The molecule has 3 heteroatoms. The minimum atomic E-state index is 0.423. The fourth-order valence-corrected chi connectivity index (χ4v) is 3.23. The largest absolute Gasteiger partial charge is 0.314 e. The summed E-state index contributed by atoms with van der Waals surface area (Å²) in [7, 11) is 0. The van der Waals surface area contributed by atoms with Crippen molar-refractivity contribution in [1.82, 2.24) is 10.2 Å². The van der Waals surface area contributed by atoms with Gasteiger partial charge in [0.05, 0.1) is 0 Å². The summed E-state index contributed by atoms with van der Waals surface area (Å²) in [6, 6.07) is 19.5. The van der Waals surface area contributed by atoms with Crippen molar-refractivity contribution in [3.63, 3.8) is 0 Å². The Morgan fingerprint density at radius 2 is 1.76 bits per heavy atom. The fourth-order valence-electron chi connectivity index (χ4n) is 3.01. The van der Waals surface area contributed by atoms with Gasteiger partial charge in [-0.1, -0.05) is 54.1 Å². The molecule has 3 rings (SSSR count). The lowest BCUT2D eigenvalue weighted by molar-refractivity contribution is 0.172. The molecule has 110 valence electrons. The molecule has 1 unspecified atom stereocenters. The molecule has 1 N–H and O–H groups in total. The summed E-state index contributed by atoms with van der Waals surface area (Å²) in [6.07, 6.45) is 1.00. The van der Waals surface area contributed by atoms with Gasteiger partial charge < -0.3 is 5.32 Å². The third kappa shape index (κ3) is 3.85. The zero-order chi connectivity index (χ0) is 14.5. The monoisotopic (exact) mass is 300 g/mol. The molecule has 0 bridgehead atoms. The second-order valence-corrected chi connectivity index (χ2v) is 5.98. The quantitative estimate of drug-likeness (QED) is 0.929. The number of nitrogens with zero attached hydrogens (tertiary/aromatic N) is 1. The minimum absolute atomic E-state index is 0.423. The smallest absolute Gasteiger partial charge is 0.0408 e. The molecular weight excluding hydrogens is 280 g/mol. The Bertz CT molecular complexity index is 564. The molecule has 0 amide bonds. The Kier molecular flexibility index (Phi) is 4.91. The number of hydrogen-bond donors (Lipinski definition) is 1. The van der Waals surface area contributed by atoms with Gasteiger partial charge in [-0.05, 0) is 29.7 Å². The van der Waals surface area contributed by atoms with Crippen LogP contribution in [0.25, 0.3) is 0 Å². The third-order valence-electron chi connectivity index (χ3n) is 4.09. The molecule has 0 radical (unpaired) electrons. The molecule has 0 aromatic heterocycles. The highest BCUT2D eigenvalue weighted by molar-refractivity contribution is 6.30. The first kappa shape index (κ1) is 14.6. The van der Waals surface area contributed by atoms with Crippen LogP contribution in [-0.4, -0.2) is 31.1 Å². The fraction of sp³-hybridized carbons (Fsp3) is 0.333. The van der Waals surface area contributed by atoms with Crippen molar-refractivity contribution < 1.29 is 0 Å². The van der Waals surface area contributed by atoms with E-state index in [1.54, 1.807) is 0 Å². The third-order valence-corrected chi connectivity index (χ3v) is 4.33. The Balaban J connectivity index is 1.85. The first-order valence-electron chi connectivity index (χ1n) is 7.57. The van der Waals surface area contributed by atoms with Crippen LogP contribution in [0.4, 0.5) is 0 Å². The molecule has 1 saturated heterocycles. The predicted molar refractivity (Wildman–Crippen MR) is 88.8 cm³/mol. The van der Waals surface area contributed by atoms with Gasteiger partial charge in [-0.3, -0.25) is 4.90 Å². The van der Waals surface area contributed by atoms with Gasteiger partial charge in [0.2, 0.25) is 0 Å². The summed E-state index contributed by atoms with van der Waals surface area (Å²) in [5.74, 6) is 0. The maximum atomic E-state index is 6.14. The van der Waals surface area contributed by atoms with Gasteiger partial charge in [0.15, 0.2) is 0 Å². The number of halogens is 1. The molecule has 21 heavy (non-hydrogen) atoms. The number of rotatable bonds is 4. The van der Waals surface area contributed by atoms with E-state index >= 15 is 0 Å². The van der Waals surface area contributed by atoms with Crippen molar-refractivity contribution in [2.75, 3.05) is 26.2 Å². The first-order valence-corrected chi connectivity index (χ1v) is 7.95. The second-order valence-electron chi connectivity index (χ2n) is 5.55. The van der Waals surface area contributed by atoms with E-state index < -0.39 is 0 Å². The average molecular weight is 301 g/mol. The van der Waals surface area contributed by atoms with Crippen LogP contribution in [-0.2, 0) is 6.42 Å². The van der Waals surface area contributed by atoms with Crippen LogP contribution >= 0.6 is 11.6 Å². The zero-order valence-corrected chi connectivity index (χ0v) is 12.9. The molecule has 0 saturated carbocycles. The molecule has 2 aromatic carbocycles. The molecule has 1 heterocycles. The van der Waals surface area contributed by atoms with Gasteiger partial charge in [0.25, 0.3) is 0 Å². The van der Waals surface area contributed by atoms with Gasteiger partial charge in [-0.2, -0.15) is 0 Å². The summed E-state index contributed by atoms with van der Waals surface area (Å²) in [4.78, 5) is 2.58. The molecule has 1 aliphatic rings. The highest BCUT2D eigenvalue weighted by Crippen LogP contribution is 2.26. The van der Waals surface area contributed by atoms with Crippen LogP contribution in [0.1, 0.15) is 17.2 Å². The van der Waals surface area contributed by atoms with Crippen molar-refractivity contribution >= 4 is 11.6 Å². The Hall–Kier alpha value is -1.35. The molecule has 1 atom stereocenters. The topological polar surface area (TPSA) is 15.3 Å². The normalized spacial score (nSPS) is 17.6. The Morgan fingerprint density at radius 3 is 2.48 bits per heavy atom. The van der Waals surface area contributed by atoms with E-state index in [0.29, 0.717) is 6.04 Å². The van der Waals surface area contributed by atoms with Crippen molar-refractivity contribution in [3.05, 3.63) is 70.7 Å². The van der Waals surface area contributed by atoms with Gasteiger partial charge in [0, 0.05) is 37.2 Å². The van der Waals surface area contributed by atoms with Crippen LogP contribution in [0.5, 0.6) is 0 Å². The standard InChI is InChI=1S/C18H21ClN2/c19-17-8-4-5-15(13-17)14-18(16-6-2-1-3-7-16)21-11-9-20-10-12-21/h1-8,13,18,20H,9-12,14H2. The predicted octanol–water partition coefficient (Wildman–Crippen LogP) is 3.53. The SMILES string of the molecule is Clc1cccc(CC(c2ccccc2)N2CCNCC2)c1. The lowest BCUT2D eigenvalue weighted by atomic mass is 9.97. The van der Waals surface area contributed by atoms with Crippen LogP contribution in [0.2, 0.25) is 5.02 Å². The van der Waals surface area contributed by atoms with E-state index in [2.05, 4.69) is 52.7 Å². The van der Waals surface area contributed by atoms with Crippen LogP contribution < -0.4 is 5.32 Å². The molecular formula is C18H21ClN2. The minimum Gasteiger partial charge on any atom is -0.314 e. The molecule has 0 spiro atoms. The van der Waals surface area contributed by atoms with Crippen LogP contribution in [0, 0.1) is 0 Å². The van der Waals surface area contributed by atoms with E-state index in [1.165, 1.54) is 11.1 Å². The zero-order valence-electron chi connectivity index (χ0n) is 12.1. The molecule has 0 aliphatic carbocycles. The summed E-state index contributed by atoms with van der Waals surface area (Å²) >= 11 is 6.14. The molecule has 2 aromatic rings. The van der Waals surface area contributed by atoms with Crippen molar-refractivity contribution in [2.45, 2.75) is 12.5 Å². The lowest BCUT2D eigenvalue weighted by Gasteiger charge is -2.35. The summed E-state index contributed by atoms with van der Waals surface area (Å²) in [5, 5.41) is 4.25. The Morgan fingerprint density at radius 1 is 1.00 bits per heavy atom. The maximum absolute atomic E-state index is 6.14. The van der Waals surface area contributed by atoms with Crippen molar-refractivity contribution in [3.8, 4) is 0 Å². The number of nitrogens with one attached hydrogen (secondary N) is 1. The maximum Gasteiger partial charge on any atom is 0.0408 e. The molecule has 1 aliphatic heterocycles. The van der Waals surface area contributed by atoms with Gasteiger partial charge in [0.1, 0.15) is 0 Å². The number of benzene rings is 2. The molecule has 1 fully saturated rings. The summed E-state index contributed by atoms with van der Waals surface area (Å²) in [6.45, 7) is 4.33. The first-order chi connectivity index (χ1) is 10.3. The number of hydrogen-bond acceptors (Lipinski definition) is 2. The Labute approximate surface area is 131 Å². The van der Waals surface area contributed by atoms with Crippen LogP contribution in [0.15, 0.2) is 54.6 Å².